The first kappa shape index (κ1) is 10.9. The Morgan fingerprint density at radius 2 is 2.31 bits per heavy atom. The fourth-order valence-corrected chi connectivity index (χ4v) is 1.85. The molecule has 1 unspecified atom stereocenters. The Kier molecular flexibility index (Phi) is 4.59. The Labute approximate surface area is 84.5 Å². The molecular formula is C9H17NO2S. The van der Waals surface area contributed by atoms with E-state index < -0.39 is 0 Å². The predicted octanol–water partition coefficient (Wildman–Crippen LogP) is 0.537. The fraction of sp³-hybridized carbons (Fsp3) is 0.889. The number of nitrogens with zero attached hydrogens (tertiary/aromatic N) is 1. The van der Waals surface area contributed by atoms with Crippen molar-refractivity contribution in [2.45, 2.75) is 19.3 Å². The molecule has 1 amide bonds. The Hall–Kier alpha value is -0.220. The van der Waals surface area contributed by atoms with Crippen LogP contribution in [0.1, 0.15) is 19.3 Å². The second-order valence-electron chi connectivity index (χ2n) is 3.52. The predicted molar refractivity (Wildman–Crippen MR) is 54.9 cm³/mol. The molecule has 0 aromatic heterocycles. The summed E-state index contributed by atoms with van der Waals surface area (Å²) in [6, 6.07) is 0. The van der Waals surface area contributed by atoms with Gasteiger partial charge in [-0.15, -0.1) is 0 Å². The van der Waals surface area contributed by atoms with Crippen molar-refractivity contribution in [3.63, 3.8) is 0 Å². The van der Waals surface area contributed by atoms with E-state index in [1.165, 1.54) is 0 Å². The molecular weight excluding hydrogens is 186 g/mol. The maximum absolute atomic E-state index is 11.4. The van der Waals surface area contributed by atoms with Crippen molar-refractivity contribution >= 4 is 18.5 Å². The van der Waals surface area contributed by atoms with Gasteiger partial charge in [0.1, 0.15) is 0 Å². The lowest BCUT2D eigenvalue weighted by Gasteiger charge is -2.15. The highest BCUT2D eigenvalue weighted by Gasteiger charge is 2.27. The average molecular weight is 203 g/mol. The van der Waals surface area contributed by atoms with Crippen LogP contribution in [0.2, 0.25) is 0 Å². The lowest BCUT2D eigenvalue weighted by Crippen LogP contribution is -2.26. The van der Waals surface area contributed by atoms with E-state index in [2.05, 4.69) is 12.6 Å². The van der Waals surface area contributed by atoms with Gasteiger partial charge in [-0.3, -0.25) is 4.79 Å². The minimum Gasteiger partial charge on any atom is -0.396 e. The molecule has 1 atom stereocenters. The molecule has 0 aromatic carbocycles. The third kappa shape index (κ3) is 3.19. The number of likely N-dealkylation sites (tertiary alicyclic amines) is 1. The number of carbonyl (C=O) groups excluding carboxylic acids is 1. The van der Waals surface area contributed by atoms with Crippen LogP contribution in [0.4, 0.5) is 0 Å². The molecule has 0 saturated carbocycles. The minimum atomic E-state index is 0.220. The summed E-state index contributed by atoms with van der Waals surface area (Å²) in [5.41, 5.74) is 0. The highest BCUT2D eigenvalue weighted by molar-refractivity contribution is 7.80. The van der Waals surface area contributed by atoms with Crippen molar-refractivity contribution in [1.29, 1.82) is 0 Å². The molecule has 0 aromatic rings. The van der Waals surface area contributed by atoms with E-state index in [1.807, 2.05) is 4.90 Å². The summed E-state index contributed by atoms with van der Waals surface area (Å²) in [5, 5.41) is 8.59. The molecule has 1 aliphatic heterocycles. The van der Waals surface area contributed by atoms with Crippen LogP contribution in [-0.4, -0.2) is 41.4 Å². The third-order valence-corrected chi connectivity index (χ3v) is 2.91. The molecule has 3 nitrogen and oxygen atoms in total. The number of unbranched alkanes of at least 4 members (excludes halogenated alkanes) is 1. The number of amides is 1. The standard InChI is InChI=1S/C9H17NO2S/c11-4-2-1-3-10-6-8(7-13)5-9(10)12/h8,11,13H,1-7H2. The molecule has 76 valence electrons. The van der Waals surface area contributed by atoms with Crippen molar-refractivity contribution in [3.8, 4) is 0 Å². The van der Waals surface area contributed by atoms with Gasteiger partial charge < -0.3 is 10.0 Å². The molecule has 13 heavy (non-hydrogen) atoms. The molecule has 0 spiro atoms. The van der Waals surface area contributed by atoms with E-state index in [0.29, 0.717) is 12.3 Å². The van der Waals surface area contributed by atoms with Crippen LogP contribution in [0.25, 0.3) is 0 Å². The Bertz CT molecular complexity index is 175. The topological polar surface area (TPSA) is 40.5 Å². The van der Waals surface area contributed by atoms with Crippen molar-refractivity contribution in [2.75, 3.05) is 25.4 Å². The van der Waals surface area contributed by atoms with Gasteiger partial charge >= 0.3 is 0 Å². The molecule has 1 heterocycles. The van der Waals surface area contributed by atoms with E-state index in [-0.39, 0.29) is 12.5 Å². The summed E-state index contributed by atoms with van der Waals surface area (Å²) in [5.74, 6) is 1.48. The SMILES string of the molecule is O=C1CC(CS)CN1CCCCO. The van der Waals surface area contributed by atoms with Crippen molar-refractivity contribution in [1.82, 2.24) is 4.90 Å². The lowest BCUT2D eigenvalue weighted by molar-refractivity contribution is -0.127. The Morgan fingerprint density at radius 3 is 2.85 bits per heavy atom. The third-order valence-electron chi connectivity index (χ3n) is 2.39. The lowest BCUT2D eigenvalue weighted by atomic mass is 10.1. The number of hydrogen-bond acceptors (Lipinski definition) is 3. The summed E-state index contributed by atoms with van der Waals surface area (Å²) in [4.78, 5) is 13.3. The van der Waals surface area contributed by atoms with E-state index in [4.69, 9.17) is 5.11 Å². The number of hydrogen-bond donors (Lipinski definition) is 2. The largest absolute Gasteiger partial charge is 0.396 e. The molecule has 1 saturated heterocycles. The summed E-state index contributed by atoms with van der Waals surface area (Å²) in [7, 11) is 0. The molecule has 0 bridgehead atoms. The van der Waals surface area contributed by atoms with Gasteiger partial charge in [0.15, 0.2) is 0 Å². The molecule has 1 rings (SSSR count). The maximum Gasteiger partial charge on any atom is 0.222 e. The smallest absolute Gasteiger partial charge is 0.222 e. The van der Waals surface area contributed by atoms with Crippen LogP contribution in [0.15, 0.2) is 0 Å². The molecule has 0 aliphatic carbocycles. The first-order valence-corrected chi connectivity index (χ1v) is 5.40. The highest BCUT2D eigenvalue weighted by Crippen LogP contribution is 2.18. The summed E-state index contributed by atoms with van der Waals surface area (Å²) in [6.07, 6.45) is 2.35. The fourth-order valence-electron chi connectivity index (χ4n) is 1.61. The van der Waals surface area contributed by atoms with Crippen molar-refractivity contribution < 1.29 is 9.90 Å². The van der Waals surface area contributed by atoms with E-state index in [9.17, 15) is 4.79 Å². The first-order valence-electron chi connectivity index (χ1n) is 4.77. The molecule has 4 heteroatoms. The van der Waals surface area contributed by atoms with Gasteiger partial charge in [0, 0.05) is 26.1 Å². The van der Waals surface area contributed by atoms with Crippen LogP contribution in [-0.2, 0) is 4.79 Å². The van der Waals surface area contributed by atoms with Gasteiger partial charge in [0.25, 0.3) is 0 Å². The summed E-state index contributed by atoms with van der Waals surface area (Å²) in [6.45, 7) is 1.87. The second kappa shape index (κ2) is 5.50. The maximum atomic E-state index is 11.4. The van der Waals surface area contributed by atoms with E-state index in [0.717, 1.165) is 31.7 Å². The minimum absolute atomic E-state index is 0.220. The molecule has 0 radical (unpaired) electrons. The van der Waals surface area contributed by atoms with E-state index in [1.54, 1.807) is 0 Å². The zero-order valence-corrected chi connectivity index (χ0v) is 8.67. The van der Waals surface area contributed by atoms with Crippen LogP contribution in [0, 0.1) is 5.92 Å². The monoisotopic (exact) mass is 203 g/mol. The molecule has 1 fully saturated rings. The van der Waals surface area contributed by atoms with E-state index >= 15 is 0 Å². The molecule has 1 aliphatic rings. The summed E-state index contributed by atoms with van der Waals surface area (Å²) >= 11 is 4.19. The van der Waals surface area contributed by atoms with Gasteiger partial charge in [0.2, 0.25) is 5.91 Å². The Morgan fingerprint density at radius 1 is 1.54 bits per heavy atom. The van der Waals surface area contributed by atoms with Crippen LogP contribution < -0.4 is 0 Å². The number of carbonyl (C=O) groups is 1. The van der Waals surface area contributed by atoms with Crippen LogP contribution in [0.3, 0.4) is 0 Å². The Balaban J connectivity index is 2.23. The number of thiol groups is 1. The van der Waals surface area contributed by atoms with Gasteiger partial charge in [-0.1, -0.05) is 0 Å². The van der Waals surface area contributed by atoms with Gasteiger partial charge in [-0.25, -0.2) is 0 Å². The number of rotatable bonds is 5. The number of aliphatic hydroxyl groups is 1. The van der Waals surface area contributed by atoms with Gasteiger partial charge in [0.05, 0.1) is 0 Å². The zero-order valence-electron chi connectivity index (χ0n) is 7.78. The van der Waals surface area contributed by atoms with Crippen molar-refractivity contribution in [3.05, 3.63) is 0 Å². The summed E-state index contributed by atoms with van der Waals surface area (Å²) < 4.78 is 0. The number of aliphatic hydroxyl groups excluding tert-OH is 1. The second-order valence-corrected chi connectivity index (χ2v) is 3.89. The normalized spacial score (nSPS) is 22.8. The van der Waals surface area contributed by atoms with Crippen LogP contribution in [0.5, 0.6) is 0 Å². The zero-order chi connectivity index (χ0) is 9.68. The molecule has 1 N–H and O–H groups in total. The van der Waals surface area contributed by atoms with Gasteiger partial charge in [-0.05, 0) is 24.5 Å². The van der Waals surface area contributed by atoms with Crippen molar-refractivity contribution in [2.24, 2.45) is 5.92 Å². The van der Waals surface area contributed by atoms with Gasteiger partial charge in [-0.2, -0.15) is 12.6 Å². The highest BCUT2D eigenvalue weighted by atomic mass is 32.1. The average Bonchev–Trinajstić information content (AvgIpc) is 2.48. The quantitative estimate of drug-likeness (QED) is 0.506. The van der Waals surface area contributed by atoms with Crippen LogP contribution >= 0.6 is 12.6 Å². The first-order chi connectivity index (χ1) is 6.27.